The highest BCUT2D eigenvalue weighted by atomic mass is 35.5. The summed E-state index contributed by atoms with van der Waals surface area (Å²) >= 11 is 5.80. The molecule has 0 saturated carbocycles. The predicted molar refractivity (Wildman–Crippen MR) is 118 cm³/mol. The number of quaternary nitrogens is 1. The molecule has 1 aromatic heterocycles. The average Bonchev–Trinajstić information content (AvgIpc) is 2.70. The number of benzene rings is 1. The lowest BCUT2D eigenvalue weighted by atomic mass is 10.1. The molecule has 0 atom stereocenters. The minimum absolute atomic E-state index is 0.0340. The van der Waals surface area contributed by atoms with Crippen molar-refractivity contribution in [3.05, 3.63) is 46.5 Å². The quantitative estimate of drug-likeness (QED) is 0.397. The molecule has 0 fully saturated rings. The van der Waals surface area contributed by atoms with Crippen LogP contribution in [-0.2, 0) is 11.2 Å². The standard InChI is InChI=1S/C20H27ClFN7O2/c1-29(2,11-9-25-15(30)8-5-13-3-6-14(22)7-4-13)12-10-26-20(31)16-18(23)28-19(24)17(21)27-16/h3-4,6-7H,5,8-12H2,1-2H3,(H5-,23,24,25,26,28,30,31)/p+1. The zero-order valence-electron chi connectivity index (χ0n) is 17.6. The SMILES string of the molecule is C[N+](C)(CCNC(=O)CCc1ccc(F)cc1)CCNC(=O)c1nc(Cl)c(N)nc1N. The van der Waals surface area contributed by atoms with Crippen LogP contribution in [-0.4, -0.2) is 66.5 Å². The van der Waals surface area contributed by atoms with Crippen LogP contribution in [0.2, 0.25) is 5.15 Å². The molecule has 31 heavy (non-hydrogen) atoms. The first-order valence-corrected chi connectivity index (χ1v) is 10.1. The van der Waals surface area contributed by atoms with E-state index in [0.29, 0.717) is 43.5 Å². The molecular formula is C20H28ClFN7O2+. The highest BCUT2D eigenvalue weighted by molar-refractivity contribution is 6.31. The number of hydrogen-bond donors (Lipinski definition) is 4. The Bertz CT molecular complexity index is 922. The number of likely N-dealkylation sites (N-methyl/N-ethyl adjacent to an activating group) is 1. The monoisotopic (exact) mass is 452 g/mol. The van der Waals surface area contributed by atoms with E-state index >= 15 is 0 Å². The van der Waals surface area contributed by atoms with Crippen LogP contribution in [0.15, 0.2) is 24.3 Å². The molecule has 0 saturated heterocycles. The van der Waals surface area contributed by atoms with Crippen LogP contribution in [0.5, 0.6) is 0 Å². The van der Waals surface area contributed by atoms with Gasteiger partial charge in [-0.2, -0.15) is 0 Å². The molecule has 11 heteroatoms. The van der Waals surface area contributed by atoms with Crippen molar-refractivity contribution in [2.24, 2.45) is 0 Å². The van der Waals surface area contributed by atoms with Crippen LogP contribution >= 0.6 is 11.6 Å². The highest BCUT2D eigenvalue weighted by Crippen LogP contribution is 2.17. The van der Waals surface area contributed by atoms with Crippen LogP contribution < -0.4 is 22.1 Å². The molecule has 0 spiro atoms. The highest BCUT2D eigenvalue weighted by Gasteiger charge is 2.19. The Kier molecular flexibility index (Phi) is 8.52. The number of nitrogens with one attached hydrogen (secondary N) is 2. The van der Waals surface area contributed by atoms with Crippen molar-refractivity contribution in [1.82, 2.24) is 20.6 Å². The second kappa shape index (κ2) is 10.9. The Hall–Kier alpha value is -2.98. The minimum atomic E-state index is -0.485. The van der Waals surface area contributed by atoms with Gasteiger partial charge in [0.1, 0.15) is 5.82 Å². The second-order valence-corrected chi connectivity index (χ2v) is 8.11. The number of rotatable bonds is 10. The fraction of sp³-hybridized carbons (Fsp3) is 0.400. The number of amides is 2. The molecule has 0 aliphatic heterocycles. The van der Waals surface area contributed by atoms with Gasteiger partial charge in [0.25, 0.3) is 5.91 Å². The van der Waals surface area contributed by atoms with Crippen LogP contribution in [0.1, 0.15) is 22.5 Å². The van der Waals surface area contributed by atoms with Crippen molar-refractivity contribution in [2.45, 2.75) is 12.8 Å². The smallest absolute Gasteiger partial charge is 0.273 e. The molecule has 2 rings (SSSR count). The van der Waals surface area contributed by atoms with Crippen molar-refractivity contribution < 1.29 is 18.5 Å². The summed E-state index contributed by atoms with van der Waals surface area (Å²) in [6.07, 6.45) is 0.888. The Balaban J connectivity index is 1.69. The van der Waals surface area contributed by atoms with Gasteiger partial charge < -0.3 is 26.6 Å². The van der Waals surface area contributed by atoms with E-state index in [9.17, 15) is 14.0 Å². The topological polar surface area (TPSA) is 136 Å². The third-order valence-corrected chi connectivity index (χ3v) is 4.99. The molecule has 1 aromatic carbocycles. The number of hydrogen-bond acceptors (Lipinski definition) is 6. The predicted octanol–water partition coefficient (Wildman–Crippen LogP) is 0.989. The maximum Gasteiger partial charge on any atom is 0.273 e. The van der Waals surface area contributed by atoms with Crippen LogP contribution in [0, 0.1) is 5.82 Å². The summed E-state index contributed by atoms with van der Waals surface area (Å²) in [5, 5.41) is 5.54. The van der Waals surface area contributed by atoms with Gasteiger partial charge in [0, 0.05) is 6.42 Å². The van der Waals surface area contributed by atoms with Crippen molar-refractivity contribution >= 4 is 35.1 Å². The molecule has 9 nitrogen and oxygen atoms in total. The largest absolute Gasteiger partial charge is 0.382 e. The number of carbonyl (C=O) groups is 2. The van der Waals surface area contributed by atoms with Crippen LogP contribution in [0.25, 0.3) is 0 Å². The lowest BCUT2D eigenvalue weighted by Gasteiger charge is -2.30. The Morgan fingerprint density at radius 1 is 1.03 bits per heavy atom. The van der Waals surface area contributed by atoms with Crippen molar-refractivity contribution in [2.75, 3.05) is 51.7 Å². The van der Waals surface area contributed by atoms with Gasteiger partial charge in [-0.3, -0.25) is 9.59 Å². The Morgan fingerprint density at radius 2 is 1.65 bits per heavy atom. The van der Waals surface area contributed by atoms with Gasteiger partial charge in [0.2, 0.25) is 5.91 Å². The van der Waals surface area contributed by atoms with Crippen molar-refractivity contribution in [1.29, 1.82) is 0 Å². The summed E-state index contributed by atoms with van der Waals surface area (Å²) in [5.41, 5.74) is 12.0. The van der Waals surface area contributed by atoms with Gasteiger partial charge in [0.15, 0.2) is 22.5 Å². The molecule has 0 unspecified atom stereocenters. The minimum Gasteiger partial charge on any atom is -0.382 e. The fourth-order valence-corrected chi connectivity index (χ4v) is 2.90. The first-order chi connectivity index (χ1) is 14.6. The first-order valence-electron chi connectivity index (χ1n) is 9.77. The molecule has 0 radical (unpaired) electrons. The number of nitrogen functional groups attached to an aromatic ring is 2. The van der Waals surface area contributed by atoms with Gasteiger partial charge in [-0.25, -0.2) is 14.4 Å². The van der Waals surface area contributed by atoms with E-state index in [1.54, 1.807) is 12.1 Å². The molecular weight excluding hydrogens is 425 g/mol. The number of nitrogens with zero attached hydrogens (tertiary/aromatic N) is 3. The molecule has 2 aromatic rings. The molecule has 168 valence electrons. The van der Waals surface area contributed by atoms with Gasteiger partial charge in [-0.15, -0.1) is 0 Å². The average molecular weight is 453 g/mol. The van der Waals surface area contributed by atoms with E-state index in [2.05, 4.69) is 20.6 Å². The van der Waals surface area contributed by atoms with Crippen LogP contribution in [0.4, 0.5) is 16.0 Å². The summed E-state index contributed by atoms with van der Waals surface area (Å²) in [6, 6.07) is 6.12. The molecule has 0 aliphatic carbocycles. The van der Waals surface area contributed by atoms with E-state index in [1.807, 2.05) is 14.1 Å². The summed E-state index contributed by atoms with van der Waals surface area (Å²) in [7, 11) is 3.98. The first kappa shape index (κ1) is 24.3. The number of aromatic nitrogens is 2. The number of nitrogens with two attached hydrogens (primary N) is 2. The lowest BCUT2D eigenvalue weighted by Crippen LogP contribution is -2.49. The van der Waals surface area contributed by atoms with Gasteiger partial charge >= 0.3 is 0 Å². The number of halogens is 2. The fourth-order valence-electron chi connectivity index (χ4n) is 2.77. The Morgan fingerprint density at radius 3 is 2.29 bits per heavy atom. The summed E-state index contributed by atoms with van der Waals surface area (Å²) in [5.74, 6) is -0.962. The van der Waals surface area contributed by atoms with Gasteiger partial charge in [-0.05, 0) is 24.1 Å². The zero-order chi connectivity index (χ0) is 23.0. The number of aryl methyl sites for hydroxylation is 1. The molecule has 0 aliphatic rings. The normalized spacial score (nSPS) is 11.2. The molecule has 0 bridgehead atoms. The third-order valence-electron chi connectivity index (χ3n) is 4.72. The molecule has 1 heterocycles. The number of anilines is 2. The summed E-state index contributed by atoms with van der Waals surface area (Å²) in [4.78, 5) is 31.9. The summed E-state index contributed by atoms with van der Waals surface area (Å²) < 4.78 is 13.5. The van der Waals surface area contributed by atoms with Gasteiger partial charge in [0.05, 0.1) is 40.3 Å². The van der Waals surface area contributed by atoms with E-state index in [4.69, 9.17) is 23.1 Å². The van der Waals surface area contributed by atoms with Crippen LogP contribution in [0.3, 0.4) is 0 Å². The third kappa shape index (κ3) is 7.99. The maximum absolute atomic E-state index is 12.9. The molecule has 6 N–H and O–H groups in total. The van der Waals surface area contributed by atoms with E-state index in [0.717, 1.165) is 5.56 Å². The van der Waals surface area contributed by atoms with Crippen molar-refractivity contribution in [3.8, 4) is 0 Å². The second-order valence-electron chi connectivity index (χ2n) is 7.75. The van der Waals surface area contributed by atoms with E-state index in [1.165, 1.54) is 12.1 Å². The van der Waals surface area contributed by atoms with E-state index in [-0.39, 0.29) is 34.2 Å². The van der Waals surface area contributed by atoms with Gasteiger partial charge in [-0.1, -0.05) is 23.7 Å². The summed E-state index contributed by atoms with van der Waals surface area (Å²) in [6.45, 7) is 2.16. The lowest BCUT2D eigenvalue weighted by molar-refractivity contribution is -0.887. The maximum atomic E-state index is 12.9. The van der Waals surface area contributed by atoms with E-state index < -0.39 is 5.91 Å². The zero-order valence-corrected chi connectivity index (χ0v) is 18.4. The number of carbonyl (C=O) groups excluding carboxylic acids is 2. The van der Waals surface area contributed by atoms with Crippen molar-refractivity contribution in [3.63, 3.8) is 0 Å². The molecule has 2 amide bonds. The Labute approximate surface area is 185 Å².